The summed E-state index contributed by atoms with van der Waals surface area (Å²) in [7, 11) is 0. The van der Waals surface area contributed by atoms with E-state index in [0.717, 1.165) is 42.8 Å². The topological polar surface area (TPSA) is 115 Å². The molecule has 0 spiro atoms. The average molecular weight is 513 g/mol. The summed E-state index contributed by atoms with van der Waals surface area (Å²) in [5.41, 5.74) is 3.37. The Kier molecular flexibility index (Phi) is 5.81. The number of H-pyrrole nitrogens is 2. The second-order valence-corrected chi connectivity index (χ2v) is 10.8. The van der Waals surface area contributed by atoms with Crippen LogP contribution in [0.3, 0.4) is 0 Å². The molecule has 0 saturated carbocycles. The van der Waals surface area contributed by atoms with Crippen LogP contribution >= 0.6 is 0 Å². The highest BCUT2D eigenvalue weighted by atomic mass is 19.1. The Labute approximate surface area is 218 Å². The van der Waals surface area contributed by atoms with Gasteiger partial charge in [-0.2, -0.15) is 5.10 Å². The lowest BCUT2D eigenvalue weighted by Crippen LogP contribution is -2.30. The van der Waals surface area contributed by atoms with Crippen LogP contribution in [0.25, 0.3) is 44.6 Å². The number of carbonyl (C=O) groups excluding carboxylic acids is 1. The Balaban J connectivity index is 1.41. The maximum atomic E-state index is 16.1. The van der Waals surface area contributed by atoms with Gasteiger partial charge < -0.3 is 15.2 Å². The summed E-state index contributed by atoms with van der Waals surface area (Å²) in [6.07, 6.45) is 8.38. The first-order valence-electron chi connectivity index (χ1n) is 12.8. The number of halogens is 1. The van der Waals surface area contributed by atoms with Crippen LogP contribution in [-0.4, -0.2) is 49.1 Å². The van der Waals surface area contributed by atoms with Crippen LogP contribution < -0.4 is 10.2 Å². The Hall–Kier alpha value is -4.34. The molecule has 1 saturated heterocycles. The number of nitrogens with one attached hydrogen (secondary N) is 3. The van der Waals surface area contributed by atoms with Gasteiger partial charge in [0.1, 0.15) is 17.0 Å². The minimum absolute atomic E-state index is 0.146. The van der Waals surface area contributed by atoms with E-state index in [4.69, 9.17) is 4.98 Å². The molecule has 10 heteroatoms. The number of benzene rings is 1. The lowest BCUT2D eigenvalue weighted by molar-refractivity contribution is -0.123. The molecule has 1 aliphatic rings. The number of fused-ring (bicyclic) bond motifs is 2. The van der Waals surface area contributed by atoms with Gasteiger partial charge in [-0.3, -0.25) is 14.9 Å². The number of hydrogen-bond donors (Lipinski definition) is 3. The van der Waals surface area contributed by atoms with Crippen molar-refractivity contribution in [1.29, 1.82) is 0 Å². The molecule has 9 nitrogen and oxygen atoms in total. The summed E-state index contributed by atoms with van der Waals surface area (Å²) < 4.78 is 16.1. The van der Waals surface area contributed by atoms with Crippen LogP contribution in [-0.2, 0) is 4.79 Å². The zero-order valence-corrected chi connectivity index (χ0v) is 21.6. The van der Waals surface area contributed by atoms with Crippen molar-refractivity contribution >= 4 is 39.3 Å². The molecule has 194 valence electrons. The molecule has 1 amide bonds. The zero-order chi connectivity index (χ0) is 26.4. The Morgan fingerprint density at radius 2 is 1.89 bits per heavy atom. The molecular weight excluding hydrogens is 483 g/mol. The van der Waals surface area contributed by atoms with Crippen LogP contribution in [0.15, 0.2) is 42.9 Å². The zero-order valence-electron chi connectivity index (χ0n) is 21.6. The summed E-state index contributed by atoms with van der Waals surface area (Å²) in [6, 6.07) is 7.06. The van der Waals surface area contributed by atoms with Gasteiger partial charge in [-0.05, 0) is 43.5 Å². The number of pyridine rings is 2. The molecule has 0 aliphatic carbocycles. The fraction of sp³-hybridized carbons (Fsp3) is 0.321. The molecule has 6 rings (SSSR count). The third kappa shape index (κ3) is 4.25. The van der Waals surface area contributed by atoms with Crippen LogP contribution in [0, 0.1) is 11.2 Å². The summed E-state index contributed by atoms with van der Waals surface area (Å²) in [5, 5.41) is 10.5. The van der Waals surface area contributed by atoms with Crippen molar-refractivity contribution in [2.24, 2.45) is 5.41 Å². The molecule has 0 bridgehead atoms. The summed E-state index contributed by atoms with van der Waals surface area (Å²) in [4.78, 5) is 31.7. The van der Waals surface area contributed by atoms with Crippen molar-refractivity contribution in [3.8, 4) is 22.6 Å². The first-order valence-corrected chi connectivity index (χ1v) is 12.8. The van der Waals surface area contributed by atoms with Gasteiger partial charge in [0, 0.05) is 42.0 Å². The predicted octanol–water partition coefficient (Wildman–Crippen LogP) is 5.68. The van der Waals surface area contributed by atoms with Gasteiger partial charge in [0.15, 0.2) is 11.6 Å². The number of nitrogens with zero attached hydrogens (tertiary/aromatic N) is 5. The molecule has 5 aromatic rings. The molecule has 3 N–H and O–H groups in total. The highest BCUT2D eigenvalue weighted by Gasteiger charge is 2.24. The van der Waals surface area contributed by atoms with Crippen molar-refractivity contribution < 1.29 is 9.18 Å². The van der Waals surface area contributed by atoms with Gasteiger partial charge >= 0.3 is 0 Å². The molecule has 4 aromatic heterocycles. The maximum Gasteiger partial charge on any atom is 0.229 e. The SMILES string of the molecule is CC(C)(C)C(=O)Nc1cncc(-c2ccc3[nH]nc(-c4nc5c(N6CCCCC6)nccc5[nH]4)c3c2F)c1. The molecule has 0 atom stereocenters. The molecule has 0 unspecified atom stereocenters. The lowest BCUT2D eigenvalue weighted by Gasteiger charge is -2.27. The largest absolute Gasteiger partial charge is 0.355 e. The minimum atomic E-state index is -0.568. The second kappa shape index (κ2) is 9.20. The standard InChI is InChI=1S/C28H29FN8O/c1-28(2,3)27(38)32-17-13-16(14-30-15-17)18-7-8-19-21(22(18)29)24(36-35-19)25-33-20-9-10-31-26(23(20)34-25)37-11-5-4-6-12-37/h7-10,13-15H,4-6,11-12H2,1-3H3,(H,32,38)(H,33,34)(H,35,36). The quantitative estimate of drug-likeness (QED) is 0.285. The smallest absolute Gasteiger partial charge is 0.229 e. The van der Waals surface area contributed by atoms with E-state index in [1.165, 1.54) is 6.42 Å². The number of carbonyl (C=O) groups is 1. The first-order chi connectivity index (χ1) is 18.3. The summed E-state index contributed by atoms with van der Waals surface area (Å²) in [6.45, 7) is 7.38. The van der Waals surface area contributed by atoms with E-state index in [0.29, 0.717) is 39.2 Å². The highest BCUT2D eigenvalue weighted by molar-refractivity contribution is 5.98. The van der Waals surface area contributed by atoms with Crippen LogP contribution in [0.1, 0.15) is 40.0 Å². The minimum Gasteiger partial charge on any atom is -0.355 e. The normalized spacial score (nSPS) is 14.4. The Morgan fingerprint density at radius 3 is 2.68 bits per heavy atom. The number of hydrogen-bond acceptors (Lipinski definition) is 6. The monoisotopic (exact) mass is 512 g/mol. The number of aromatic nitrogens is 6. The van der Waals surface area contributed by atoms with Gasteiger partial charge in [0.25, 0.3) is 0 Å². The van der Waals surface area contributed by atoms with E-state index in [9.17, 15) is 4.79 Å². The third-order valence-corrected chi connectivity index (χ3v) is 6.92. The highest BCUT2D eigenvalue weighted by Crippen LogP contribution is 2.35. The summed E-state index contributed by atoms with van der Waals surface area (Å²) in [5.74, 6) is 0.721. The van der Waals surface area contributed by atoms with E-state index in [1.54, 1.807) is 36.8 Å². The van der Waals surface area contributed by atoms with Gasteiger partial charge in [-0.25, -0.2) is 14.4 Å². The molecule has 1 fully saturated rings. The molecule has 5 heterocycles. The molecule has 0 radical (unpaired) electrons. The Morgan fingerprint density at radius 1 is 1.08 bits per heavy atom. The van der Waals surface area contributed by atoms with Crippen molar-refractivity contribution in [3.63, 3.8) is 0 Å². The van der Waals surface area contributed by atoms with Crippen LogP contribution in [0.2, 0.25) is 0 Å². The van der Waals surface area contributed by atoms with Crippen molar-refractivity contribution in [2.45, 2.75) is 40.0 Å². The van der Waals surface area contributed by atoms with E-state index < -0.39 is 11.2 Å². The van der Waals surface area contributed by atoms with E-state index in [1.807, 2.05) is 26.8 Å². The molecule has 1 aromatic carbocycles. The van der Waals surface area contributed by atoms with Crippen molar-refractivity contribution in [2.75, 3.05) is 23.3 Å². The van der Waals surface area contributed by atoms with E-state index >= 15 is 4.39 Å². The number of rotatable bonds is 4. The van der Waals surface area contributed by atoms with Crippen molar-refractivity contribution in [3.05, 3.63) is 48.7 Å². The van der Waals surface area contributed by atoms with Gasteiger partial charge in [0.05, 0.1) is 28.3 Å². The fourth-order valence-corrected chi connectivity index (χ4v) is 4.81. The maximum absolute atomic E-state index is 16.1. The van der Waals surface area contributed by atoms with E-state index in [-0.39, 0.29) is 5.91 Å². The lowest BCUT2D eigenvalue weighted by atomic mass is 9.95. The fourth-order valence-electron chi connectivity index (χ4n) is 4.81. The number of aromatic amines is 2. The first kappa shape index (κ1) is 24.0. The third-order valence-electron chi connectivity index (χ3n) is 6.92. The van der Waals surface area contributed by atoms with Gasteiger partial charge in [0.2, 0.25) is 5.91 Å². The number of imidazole rings is 1. The number of amides is 1. The number of anilines is 2. The average Bonchev–Trinajstić information content (AvgIpc) is 3.54. The van der Waals surface area contributed by atoms with Gasteiger partial charge in [-0.1, -0.05) is 20.8 Å². The second-order valence-electron chi connectivity index (χ2n) is 10.8. The molecule has 38 heavy (non-hydrogen) atoms. The van der Waals surface area contributed by atoms with Crippen LogP contribution in [0.5, 0.6) is 0 Å². The van der Waals surface area contributed by atoms with Gasteiger partial charge in [-0.15, -0.1) is 0 Å². The molecule has 1 aliphatic heterocycles. The molecular formula is C28H29FN8O. The summed E-state index contributed by atoms with van der Waals surface area (Å²) >= 11 is 0. The van der Waals surface area contributed by atoms with Crippen LogP contribution in [0.4, 0.5) is 15.9 Å². The number of piperidine rings is 1. The van der Waals surface area contributed by atoms with Crippen molar-refractivity contribution in [1.82, 2.24) is 30.1 Å². The van der Waals surface area contributed by atoms with E-state index in [2.05, 4.69) is 35.4 Å². The predicted molar refractivity (Wildman–Crippen MR) is 146 cm³/mol. The Bertz CT molecular complexity index is 1660.